The standard InChI is InChI=1S/C16H28N2O/c1-13(2)6-9-18(10-7-14(3)4)16-5-8-17-11-15(16)12-19/h5,8,11,13-14,19H,6-7,9-10,12H2,1-4H3. The second-order valence-corrected chi connectivity index (χ2v) is 6.01. The first-order chi connectivity index (χ1) is 9.04. The molecule has 0 saturated carbocycles. The molecule has 19 heavy (non-hydrogen) atoms. The summed E-state index contributed by atoms with van der Waals surface area (Å²) < 4.78 is 0. The van der Waals surface area contributed by atoms with Gasteiger partial charge in [0, 0.05) is 36.7 Å². The molecule has 1 heterocycles. The quantitative estimate of drug-likeness (QED) is 0.781. The zero-order chi connectivity index (χ0) is 14.3. The summed E-state index contributed by atoms with van der Waals surface area (Å²) in [5, 5.41) is 9.46. The van der Waals surface area contributed by atoms with Gasteiger partial charge in [0.2, 0.25) is 0 Å². The van der Waals surface area contributed by atoms with Crippen molar-refractivity contribution >= 4 is 5.69 Å². The molecule has 0 saturated heterocycles. The maximum atomic E-state index is 9.46. The first kappa shape index (κ1) is 16.0. The van der Waals surface area contributed by atoms with Crippen molar-refractivity contribution in [1.29, 1.82) is 0 Å². The van der Waals surface area contributed by atoms with Crippen molar-refractivity contribution in [3.05, 3.63) is 24.0 Å². The number of aliphatic hydroxyl groups is 1. The third-order valence-electron chi connectivity index (χ3n) is 3.34. The lowest BCUT2D eigenvalue weighted by Crippen LogP contribution is -2.28. The second-order valence-electron chi connectivity index (χ2n) is 6.01. The summed E-state index contributed by atoms with van der Waals surface area (Å²) in [6.07, 6.45) is 5.93. The molecule has 108 valence electrons. The highest BCUT2D eigenvalue weighted by Crippen LogP contribution is 2.21. The number of hydrogen-bond donors (Lipinski definition) is 1. The van der Waals surface area contributed by atoms with Crippen LogP contribution in [-0.4, -0.2) is 23.2 Å². The zero-order valence-electron chi connectivity index (χ0n) is 12.8. The largest absolute Gasteiger partial charge is 0.392 e. The number of pyridine rings is 1. The molecule has 0 amide bonds. The van der Waals surface area contributed by atoms with Crippen molar-refractivity contribution in [2.24, 2.45) is 11.8 Å². The van der Waals surface area contributed by atoms with Crippen LogP contribution in [0.4, 0.5) is 5.69 Å². The number of anilines is 1. The highest BCUT2D eigenvalue weighted by atomic mass is 16.3. The van der Waals surface area contributed by atoms with Crippen molar-refractivity contribution in [2.75, 3.05) is 18.0 Å². The minimum atomic E-state index is 0.0586. The Kier molecular flexibility index (Phi) is 6.85. The summed E-state index contributed by atoms with van der Waals surface area (Å²) in [5.74, 6) is 1.39. The summed E-state index contributed by atoms with van der Waals surface area (Å²) in [4.78, 5) is 6.50. The summed E-state index contributed by atoms with van der Waals surface area (Å²) >= 11 is 0. The molecule has 1 rings (SSSR count). The van der Waals surface area contributed by atoms with E-state index in [1.54, 1.807) is 6.20 Å². The fraction of sp³-hybridized carbons (Fsp3) is 0.688. The van der Waals surface area contributed by atoms with E-state index < -0.39 is 0 Å². The Morgan fingerprint density at radius 2 is 1.68 bits per heavy atom. The van der Waals surface area contributed by atoms with Gasteiger partial charge in [-0.2, -0.15) is 0 Å². The molecule has 0 spiro atoms. The van der Waals surface area contributed by atoms with Gasteiger partial charge in [-0.15, -0.1) is 0 Å². The average molecular weight is 264 g/mol. The molecular formula is C16H28N2O. The van der Waals surface area contributed by atoms with E-state index in [4.69, 9.17) is 0 Å². The number of nitrogens with zero attached hydrogens (tertiary/aromatic N) is 2. The number of aromatic nitrogens is 1. The summed E-state index contributed by atoms with van der Waals surface area (Å²) in [6.45, 7) is 11.1. The molecule has 0 aliphatic rings. The summed E-state index contributed by atoms with van der Waals surface area (Å²) in [7, 11) is 0. The molecule has 0 radical (unpaired) electrons. The molecule has 1 N–H and O–H groups in total. The average Bonchev–Trinajstić information content (AvgIpc) is 2.38. The van der Waals surface area contributed by atoms with Gasteiger partial charge in [0.05, 0.1) is 6.61 Å². The molecule has 3 heteroatoms. The third kappa shape index (κ3) is 5.60. The molecule has 0 aromatic carbocycles. The minimum Gasteiger partial charge on any atom is -0.392 e. The number of rotatable bonds is 8. The fourth-order valence-electron chi connectivity index (χ4n) is 2.03. The Morgan fingerprint density at radius 1 is 1.11 bits per heavy atom. The van der Waals surface area contributed by atoms with Crippen LogP contribution in [0.25, 0.3) is 0 Å². The molecule has 0 aliphatic heterocycles. The predicted molar refractivity (Wildman–Crippen MR) is 81.3 cm³/mol. The van der Waals surface area contributed by atoms with E-state index in [0.29, 0.717) is 11.8 Å². The van der Waals surface area contributed by atoms with Gasteiger partial charge in [0.1, 0.15) is 0 Å². The van der Waals surface area contributed by atoms with Gasteiger partial charge >= 0.3 is 0 Å². The van der Waals surface area contributed by atoms with Crippen LogP contribution in [0.5, 0.6) is 0 Å². The minimum absolute atomic E-state index is 0.0586. The molecule has 0 atom stereocenters. The van der Waals surface area contributed by atoms with Crippen molar-refractivity contribution in [3.8, 4) is 0 Å². The summed E-state index contributed by atoms with van der Waals surface area (Å²) in [6, 6.07) is 2.02. The normalized spacial score (nSPS) is 11.3. The Balaban J connectivity index is 2.81. The van der Waals surface area contributed by atoms with Crippen molar-refractivity contribution < 1.29 is 5.11 Å². The Morgan fingerprint density at radius 3 is 2.16 bits per heavy atom. The van der Waals surface area contributed by atoms with Gasteiger partial charge in [-0.05, 0) is 30.7 Å². The maximum absolute atomic E-state index is 9.46. The van der Waals surface area contributed by atoms with Crippen LogP contribution in [0.1, 0.15) is 46.1 Å². The Hall–Kier alpha value is -1.09. The van der Waals surface area contributed by atoms with Crippen LogP contribution in [0.2, 0.25) is 0 Å². The lowest BCUT2D eigenvalue weighted by molar-refractivity contribution is 0.281. The fourth-order valence-corrected chi connectivity index (χ4v) is 2.03. The van der Waals surface area contributed by atoms with Gasteiger partial charge in [0.15, 0.2) is 0 Å². The van der Waals surface area contributed by atoms with E-state index in [0.717, 1.165) is 24.3 Å². The van der Waals surface area contributed by atoms with Gasteiger partial charge in [-0.1, -0.05) is 27.7 Å². The first-order valence-electron chi connectivity index (χ1n) is 7.33. The van der Waals surface area contributed by atoms with Gasteiger partial charge < -0.3 is 10.0 Å². The predicted octanol–water partition coefficient (Wildman–Crippen LogP) is 3.47. The number of aliphatic hydroxyl groups excluding tert-OH is 1. The van der Waals surface area contributed by atoms with E-state index >= 15 is 0 Å². The van der Waals surface area contributed by atoms with Gasteiger partial charge in [-0.25, -0.2) is 0 Å². The number of hydrogen-bond acceptors (Lipinski definition) is 3. The molecule has 1 aromatic rings. The van der Waals surface area contributed by atoms with Crippen LogP contribution in [0.15, 0.2) is 18.5 Å². The topological polar surface area (TPSA) is 36.4 Å². The van der Waals surface area contributed by atoms with Crippen LogP contribution in [0.3, 0.4) is 0 Å². The van der Waals surface area contributed by atoms with E-state index in [-0.39, 0.29) is 6.61 Å². The SMILES string of the molecule is CC(C)CCN(CCC(C)C)c1ccncc1CO. The zero-order valence-corrected chi connectivity index (χ0v) is 12.8. The van der Waals surface area contributed by atoms with Gasteiger partial charge in [-0.3, -0.25) is 4.98 Å². The van der Waals surface area contributed by atoms with Crippen LogP contribution in [-0.2, 0) is 6.61 Å². The Labute approximate surface area is 117 Å². The maximum Gasteiger partial charge on any atom is 0.0717 e. The molecule has 3 nitrogen and oxygen atoms in total. The van der Waals surface area contributed by atoms with E-state index in [9.17, 15) is 5.11 Å². The van der Waals surface area contributed by atoms with E-state index in [1.807, 2.05) is 12.3 Å². The molecule has 0 bridgehead atoms. The monoisotopic (exact) mass is 264 g/mol. The molecule has 1 aromatic heterocycles. The van der Waals surface area contributed by atoms with Gasteiger partial charge in [0.25, 0.3) is 0 Å². The molecular weight excluding hydrogens is 236 g/mol. The summed E-state index contributed by atoms with van der Waals surface area (Å²) in [5.41, 5.74) is 2.06. The van der Waals surface area contributed by atoms with Crippen molar-refractivity contribution in [1.82, 2.24) is 4.98 Å². The highest BCUT2D eigenvalue weighted by Gasteiger charge is 2.12. The highest BCUT2D eigenvalue weighted by molar-refractivity contribution is 5.51. The molecule has 0 fully saturated rings. The van der Waals surface area contributed by atoms with E-state index in [1.165, 1.54) is 12.8 Å². The first-order valence-corrected chi connectivity index (χ1v) is 7.33. The lowest BCUT2D eigenvalue weighted by Gasteiger charge is -2.28. The smallest absolute Gasteiger partial charge is 0.0717 e. The Bertz CT molecular complexity index is 352. The van der Waals surface area contributed by atoms with Crippen molar-refractivity contribution in [2.45, 2.75) is 47.1 Å². The molecule has 0 unspecified atom stereocenters. The van der Waals surface area contributed by atoms with E-state index in [2.05, 4.69) is 37.6 Å². The van der Waals surface area contributed by atoms with Crippen LogP contribution < -0.4 is 4.90 Å². The lowest BCUT2D eigenvalue weighted by atomic mass is 10.1. The van der Waals surface area contributed by atoms with Crippen LogP contribution >= 0.6 is 0 Å². The molecule has 0 aliphatic carbocycles. The second kappa shape index (κ2) is 8.16. The third-order valence-corrected chi connectivity index (χ3v) is 3.34. The van der Waals surface area contributed by atoms with Crippen molar-refractivity contribution in [3.63, 3.8) is 0 Å². The van der Waals surface area contributed by atoms with Crippen LogP contribution in [0, 0.1) is 11.8 Å².